The fraction of sp³-hybridized carbons (Fsp3) is 0.778. The maximum Gasteiger partial charge on any atom is 0.472 e. The first kappa shape index (κ1) is 53.9. The van der Waals surface area contributed by atoms with Crippen LogP contribution >= 0.6 is 7.82 Å². The van der Waals surface area contributed by atoms with E-state index in [1.807, 2.05) is 0 Å². The Labute approximate surface area is 341 Å². The van der Waals surface area contributed by atoms with E-state index in [1.54, 1.807) is 0 Å². The molecule has 0 radical (unpaired) electrons. The van der Waals surface area contributed by atoms with Gasteiger partial charge in [0.15, 0.2) is 6.10 Å². The molecule has 3 N–H and O–H groups in total. The van der Waals surface area contributed by atoms with Gasteiger partial charge >= 0.3 is 19.8 Å². The highest BCUT2D eigenvalue weighted by atomic mass is 31.2. The number of phosphoric acid groups is 1. The highest BCUT2D eigenvalue weighted by Gasteiger charge is 2.27. The fourth-order valence-electron chi connectivity index (χ4n) is 5.74. The molecule has 10 nitrogen and oxygen atoms in total. The van der Waals surface area contributed by atoms with Crippen LogP contribution in [0.4, 0.5) is 0 Å². The molecule has 0 spiro atoms. The van der Waals surface area contributed by atoms with Crippen LogP contribution in [0.2, 0.25) is 0 Å². The minimum Gasteiger partial charge on any atom is -0.462 e. The molecule has 0 aromatic carbocycles. The normalized spacial score (nSPS) is 14.3. The maximum atomic E-state index is 12.6. The molecule has 0 rings (SSSR count). The van der Waals surface area contributed by atoms with Crippen LogP contribution in [0.1, 0.15) is 187 Å². The predicted octanol–water partition coefficient (Wildman–Crippen LogP) is 11.7. The number of carbonyl (C=O) groups excluding carboxylic acids is 2. The van der Waals surface area contributed by atoms with Crippen LogP contribution in [0.5, 0.6) is 0 Å². The number of rotatable bonds is 41. The smallest absolute Gasteiger partial charge is 0.462 e. The molecule has 0 saturated carbocycles. The van der Waals surface area contributed by atoms with Gasteiger partial charge in [0.2, 0.25) is 0 Å². The molecule has 0 bridgehead atoms. The van der Waals surface area contributed by atoms with Crippen LogP contribution in [0.3, 0.4) is 0 Å². The summed E-state index contributed by atoms with van der Waals surface area (Å²) >= 11 is 0. The molecule has 11 heteroatoms. The summed E-state index contributed by atoms with van der Waals surface area (Å²) in [5.41, 5.74) is 0. The van der Waals surface area contributed by atoms with Crippen molar-refractivity contribution in [2.75, 3.05) is 26.4 Å². The van der Waals surface area contributed by atoms with Gasteiger partial charge in [-0.2, -0.15) is 0 Å². The maximum absolute atomic E-state index is 12.6. The van der Waals surface area contributed by atoms with Crippen molar-refractivity contribution in [2.24, 2.45) is 0 Å². The van der Waals surface area contributed by atoms with E-state index in [9.17, 15) is 24.2 Å². The lowest BCUT2D eigenvalue weighted by molar-refractivity contribution is -0.161. The first-order valence-electron chi connectivity index (χ1n) is 22.1. The molecule has 0 aliphatic heterocycles. The fourth-order valence-corrected chi connectivity index (χ4v) is 6.53. The summed E-state index contributed by atoms with van der Waals surface area (Å²) in [5.74, 6) is -0.946. The van der Waals surface area contributed by atoms with Crippen molar-refractivity contribution in [1.29, 1.82) is 0 Å². The zero-order valence-corrected chi connectivity index (χ0v) is 36.2. The van der Waals surface area contributed by atoms with E-state index in [-0.39, 0.29) is 19.4 Å². The van der Waals surface area contributed by atoms with Crippen molar-refractivity contribution in [2.45, 2.75) is 199 Å². The molecule has 0 aliphatic carbocycles. The van der Waals surface area contributed by atoms with Gasteiger partial charge in [-0.15, -0.1) is 0 Å². The van der Waals surface area contributed by atoms with Gasteiger partial charge < -0.3 is 24.6 Å². The largest absolute Gasteiger partial charge is 0.472 e. The second-order valence-corrected chi connectivity index (χ2v) is 16.2. The summed E-state index contributed by atoms with van der Waals surface area (Å²) < 4.78 is 32.7. The Morgan fingerprint density at radius 3 is 1.43 bits per heavy atom. The Morgan fingerprint density at radius 1 is 0.536 bits per heavy atom. The standard InChI is InChI=1S/C45H81O10P/c1-3-5-7-9-11-13-15-17-19-20-21-22-23-25-27-29-31-33-35-37-45(49)55-43(41-54-56(50,51)53-39-42(47)38-46)40-52-44(48)36-34-32-30-28-26-24-18-16-14-12-10-8-6-4-2/h10-13,16-19,42-43,46-47H,3-9,14-15,20-41H2,1-2H3,(H,50,51)/b12-10+,13-11+,18-16+,19-17+/t42-,43+/m0/s1. The molecule has 0 heterocycles. The molecule has 326 valence electrons. The van der Waals surface area contributed by atoms with Crippen LogP contribution in [0.25, 0.3) is 0 Å². The molecule has 1 unspecified atom stereocenters. The van der Waals surface area contributed by atoms with E-state index < -0.39 is 51.8 Å². The van der Waals surface area contributed by atoms with Crippen molar-refractivity contribution in [3.63, 3.8) is 0 Å². The average molecular weight is 813 g/mol. The van der Waals surface area contributed by atoms with Crippen LogP contribution in [0, 0.1) is 0 Å². The lowest BCUT2D eigenvalue weighted by atomic mass is 10.1. The van der Waals surface area contributed by atoms with Crippen LogP contribution < -0.4 is 0 Å². The number of carbonyl (C=O) groups is 2. The minimum atomic E-state index is -4.62. The Morgan fingerprint density at radius 2 is 0.946 bits per heavy atom. The molecular weight excluding hydrogens is 731 g/mol. The third kappa shape index (κ3) is 40.1. The molecule has 0 aliphatic rings. The highest BCUT2D eigenvalue weighted by Crippen LogP contribution is 2.43. The lowest BCUT2D eigenvalue weighted by Crippen LogP contribution is -2.29. The lowest BCUT2D eigenvalue weighted by Gasteiger charge is -2.20. The summed E-state index contributed by atoms with van der Waals surface area (Å²) in [6, 6.07) is 0. The Balaban J connectivity index is 4.30. The zero-order valence-electron chi connectivity index (χ0n) is 35.3. The molecule has 0 aromatic rings. The molecule has 0 aromatic heterocycles. The van der Waals surface area contributed by atoms with Crippen molar-refractivity contribution in [1.82, 2.24) is 0 Å². The number of aliphatic hydroxyl groups is 2. The first-order valence-corrected chi connectivity index (χ1v) is 23.6. The van der Waals surface area contributed by atoms with E-state index in [1.165, 1.54) is 70.6 Å². The Kier molecular flexibility index (Phi) is 39.6. The molecule has 0 fully saturated rings. The topological polar surface area (TPSA) is 149 Å². The molecule has 3 atom stereocenters. The number of esters is 2. The summed E-state index contributed by atoms with van der Waals surface area (Å²) in [4.78, 5) is 35.0. The van der Waals surface area contributed by atoms with Crippen LogP contribution in [-0.4, -0.2) is 65.7 Å². The van der Waals surface area contributed by atoms with Gasteiger partial charge in [-0.3, -0.25) is 18.6 Å². The quantitative estimate of drug-likeness (QED) is 0.0236. The van der Waals surface area contributed by atoms with Crippen LogP contribution in [0.15, 0.2) is 48.6 Å². The van der Waals surface area contributed by atoms with Gasteiger partial charge in [-0.25, -0.2) is 4.57 Å². The van der Waals surface area contributed by atoms with Crippen molar-refractivity contribution >= 4 is 19.8 Å². The Bertz CT molecular complexity index is 1070. The number of phosphoric ester groups is 1. The SMILES string of the molecule is CCCC/C=C/C/C=C/CCCCCCCC(=O)OC[C@H](COP(=O)(O)OC[C@@H](O)CO)OC(=O)CCCCCCCCCCC/C=C/C/C=C/CCCCC. The number of hydrogen-bond acceptors (Lipinski definition) is 9. The predicted molar refractivity (Wildman–Crippen MR) is 228 cm³/mol. The summed E-state index contributed by atoms with van der Waals surface area (Å²) in [6.07, 6.45) is 43.5. The zero-order chi connectivity index (χ0) is 41.2. The first-order chi connectivity index (χ1) is 27.2. The third-order valence-electron chi connectivity index (χ3n) is 9.21. The summed E-state index contributed by atoms with van der Waals surface area (Å²) in [5, 5.41) is 18.3. The third-order valence-corrected chi connectivity index (χ3v) is 10.2. The number of ether oxygens (including phenoxy) is 2. The van der Waals surface area contributed by atoms with Crippen molar-refractivity contribution in [3.8, 4) is 0 Å². The van der Waals surface area contributed by atoms with E-state index in [0.29, 0.717) is 12.8 Å². The number of hydrogen-bond donors (Lipinski definition) is 3. The van der Waals surface area contributed by atoms with Gasteiger partial charge in [0, 0.05) is 12.8 Å². The summed E-state index contributed by atoms with van der Waals surface area (Å²) in [6.45, 7) is 2.29. The number of aliphatic hydroxyl groups excluding tert-OH is 2. The highest BCUT2D eigenvalue weighted by molar-refractivity contribution is 7.47. The Hall–Kier alpha value is -2.07. The van der Waals surface area contributed by atoms with Gasteiger partial charge in [0.25, 0.3) is 0 Å². The molecule has 0 saturated heterocycles. The van der Waals surface area contributed by atoms with Crippen molar-refractivity contribution in [3.05, 3.63) is 48.6 Å². The van der Waals surface area contributed by atoms with E-state index in [0.717, 1.165) is 77.0 Å². The van der Waals surface area contributed by atoms with Crippen LogP contribution in [-0.2, 0) is 32.7 Å². The average Bonchev–Trinajstić information content (AvgIpc) is 3.19. The van der Waals surface area contributed by atoms with Gasteiger partial charge in [-0.05, 0) is 70.6 Å². The molecule has 56 heavy (non-hydrogen) atoms. The molecule has 0 amide bonds. The number of allylic oxidation sites excluding steroid dienone is 8. The number of unbranched alkanes of at least 4 members (excludes halogenated alkanes) is 19. The van der Waals surface area contributed by atoms with Gasteiger partial charge in [-0.1, -0.05) is 152 Å². The minimum absolute atomic E-state index is 0.175. The van der Waals surface area contributed by atoms with E-state index >= 15 is 0 Å². The van der Waals surface area contributed by atoms with E-state index in [2.05, 4.69) is 67.0 Å². The van der Waals surface area contributed by atoms with Gasteiger partial charge in [0.1, 0.15) is 12.7 Å². The summed E-state index contributed by atoms with van der Waals surface area (Å²) in [7, 11) is -4.62. The second kappa shape index (κ2) is 41.1. The monoisotopic (exact) mass is 813 g/mol. The molecular formula is C45H81O10P. The second-order valence-electron chi connectivity index (χ2n) is 14.7. The van der Waals surface area contributed by atoms with E-state index in [4.69, 9.17) is 19.1 Å². The van der Waals surface area contributed by atoms with Crippen molar-refractivity contribution < 1.29 is 47.8 Å². The van der Waals surface area contributed by atoms with Gasteiger partial charge in [0.05, 0.1) is 19.8 Å².